The van der Waals surface area contributed by atoms with Crippen molar-refractivity contribution in [1.29, 1.82) is 0 Å². The fraction of sp³-hybridized carbons (Fsp3) is 0.778. The number of carbonyl (C=O) groups is 2. The molecule has 0 aromatic heterocycles. The normalized spacial score (nSPS) is 12.2. The number of carbonyl (C=O) groups excluding carboxylic acids is 2. The fourth-order valence-electron chi connectivity index (χ4n) is 1.09. The number of hydrogen-bond donors (Lipinski definition) is 0. The van der Waals surface area contributed by atoms with Crippen LogP contribution in [0.25, 0.3) is 0 Å². The summed E-state index contributed by atoms with van der Waals surface area (Å²) in [4.78, 5) is 22.3. The highest BCUT2D eigenvalue weighted by Gasteiger charge is 2.24. The highest BCUT2D eigenvalue weighted by atomic mass is 16.5. The van der Waals surface area contributed by atoms with E-state index in [1.54, 1.807) is 6.92 Å². The third-order valence-electron chi connectivity index (χ3n) is 1.80. The van der Waals surface area contributed by atoms with Gasteiger partial charge in [-0.05, 0) is 6.42 Å². The molecule has 0 N–H and O–H groups in total. The quantitative estimate of drug-likeness (QED) is 0.467. The molecule has 12 heavy (non-hydrogen) atoms. The molecule has 0 rings (SSSR count). The van der Waals surface area contributed by atoms with Gasteiger partial charge < -0.3 is 4.74 Å². The van der Waals surface area contributed by atoms with Gasteiger partial charge in [-0.2, -0.15) is 0 Å². The minimum Gasteiger partial charge on any atom is -0.468 e. The summed E-state index contributed by atoms with van der Waals surface area (Å²) in [6.45, 7) is 3.70. The summed E-state index contributed by atoms with van der Waals surface area (Å²) in [7, 11) is 1.31. The first-order chi connectivity index (χ1) is 5.67. The average molecular weight is 172 g/mol. The van der Waals surface area contributed by atoms with E-state index < -0.39 is 11.9 Å². The van der Waals surface area contributed by atoms with Crippen molar-refractivity contribution in [3.05, 3.63) is 0 Å². The second-order valence-corrected chi connectivity index (χ2v) is 2.68. The highest BCUT2D eigenvalue weighted by Crippen LogP contribution is 2.11. The summed E-state index contributed by atoms with van der Waals surface area (Å²) < 4.78 is 4.53. The maximum atomic E-state index is 11.2. The van der Waals surface area contributed by atoms with Gasteiger partial charge in [-0.1, -0.05) is 20.3 Å². The monoisotopic (exact) mass is 172 g/mol. The number of rotatable bonds is 5. The molecule has 1 unspecified atom stereocenters. The Balaban J connectivity index is 4.21. The molecule has 0 fully saturated rings. The Morgan fingerprint density at radius 2 is 1.92 bits per heavy atom. The van der Waals surface area contributed by atoms with Gasteiger partial charge in [0, 0.05) is 6.42 Å². The molecule has 0 aliphatic heterocycles. The van der Waals surface area contributed by atoms with Crippen LogP contribution < -0.4 is 0 Å². The predicted molar refractivity (Wildman–Crippen MR) is 45.7 cm³/mol. The molecule has 0 aromatic rings. The van der Waals surface area contributed by atoms with E-state index in [9.17, 15) is 9.59 Å². The Bertz CT molecular complexity index is 147. The lowest BCUT2D eigenvalue weighted by atomic mass is 9.97. The minimum atomic E-state index is -0.537. The number of methoxy groups -OCH3 is 1. The molecule has 0 aliphatic carbocycles. The van der Waals surface area contributed by atoms with Gasteiger partial charge in [0.15, 0.2) is 0 Å². The third kappa shape index (κ3) is 3.03. The van der Waals surface area contributed by atoms with Gasteiger partial charge in [0.1, 0.15) is 11.7 Å². The van der Waals surface area contributed by atoms with Gasteiger partial charge in [-0.15, -0.1) is 0 Å². The Morgan fingerprint density at radius 3 is 2.25 bits per heavy atom. The van der Waals surface area contributed by atoms with Crippen molar-refractivity contribution in [2.24, 2.45) is 5.92 Å². The van der Waals surface area contributed by atoms with E-state index in [1.165, 1.54) is 7.11 Å². The lowest BCUT2D eigenvalue weighted by Gasteiger charge is -2.10. The van der Waals surface area contributed by atoms with E-state index in [0.29, 0.717) is 12.8 Å². The van der Waals surface area contributed by atoms with Crippen molar-refractivity contribution < 1.29 is 14.3 Å². The molecule has 3 heteroatoms. The van der Waals surface area contributed by atoms with Gasteiger partial charge in [0.05, 0.1) is 7.11 Å². The van der Waals surface area contributed by atoms with Crippen LogP contribution in [-0.2, 0) is 14.3 Å². The van der Waals surface area contributed by atoms with Crippen molar-refractivity contribution in [1.82, 2.24) is 0 Å². The SMILES string of the molecule is CCCC(C(=O)CC)C(=O)OC. The van der Waals surface area contributed by atoms with Crippen molar-refractivity contribution in [2.45, 2.75) is 33.1 Å². The summed E-state index contributed by atoms with van der Waals surface area (Å²) in [6, 6.07) is 0. The molecule has 0 heterocycles. The summed E-state index contributed by atoms with van der Waals surface area (Å²) in [5.74, 6) is -0.961. The minimum absolute atomic E-state index is 0.0244. The highest BCUT2D eigenvalue weighted by molar-refractivity contribution is 5.98. The van der Waals surface area contributed by atoms with Crippen LogP contribution in [0, 0.1) is 5.92 Å². The second-order valence-electron chi connectivity index (χ2n) is 2.68. The fourth-order valence-corrected chi connectivity index (χ4v) is 1.09. The maximum absolute atomic E-state index is 11.2. The lowest BCUT2D eigenvalue weighted by Crippen LogP contribution is -2.24. The molecule has 0 saturated heterocycles. The first kappa shape index (κ1) is 11.1. The van der Waals surface area contributed by atoms with Gasteiger partial charge in [0.25, 0.3) is 0 Å². The van der Waals surface area contributed by atoms with Crippen LogP contribution in [0.5, 0.6) is 0 Å². The molecule has 0 bridgehead atoms. The molecule has 0 spiro atoms. The van der Waals surface area contributed by atoms with Crippen molar-refractivity contribution in [2.75, 3.05) is 7.11 Å². The van der Waals surface area contributed by atoms with E-state index >= 15 is 0 Å². The average Bonchev–Trinajstić information content (AvgIpc) is 2.11. The zero-order valence-corrected chi connectivity index (χ0v) is 7.92. The molecule has 1 atom stereocenters. The molecule has 0 radical (unpaired) electrons. The van der Waals surface area contributed by atoms with E-state index in [1.807, 2.05) is 6.92 Å². The third-order valence-corrected chi connectivity index (χ3v) is 1.80. The van der Waals surface area contributed by atoms with Gasteiger partial charge >= 0.3 is 5.97 Å². The number of ether oxygens (including phenoxy) is 1. The molecule has 0 saturated carbocycles. The van der Waals surface area contributed by atoms with Gasteiger partial charge in [0.2, 0.25) is 0 Å². The Labute approximate surface area is 73.1 Å². The van der Waals surface area contributed by atoms with Crippen LogP contribution in [0.2, 0.25) is 0 Å². The number of hydrogen-bond acceptors (Lipinski definition) is 3. The van der Waals surface area contributed by atoms with Crippen LogP contribution >= 0.6 is 0 Å². The van der Waals surface area contributed by atoms with Gasteiger partial charge in [-0.25, -0.2) is 0 Å². The Hall–Kier alpha value is -0.860. The predicted octanol–water partition coefficient (Wildman–Crippen LogP) is 1.55. The first-order valence-electron chi connectivity index (χ1n) is 4.27. The molecule has 0 aliphatic rings. The van der Waals surface area contributed by atoms with Crippen molar-refractivity contribution in [3.63, 3.8) is 0 Å². The van der Waals surface area contributed by atoms with Crippen LogP contribution in [0.1, 0.15) is 33.1 Å². The standard InChI is InChI=1S/C9H16O3/c1-4-6-7(8(10)5-2)9(11)12-3/h7H,4-6H2,1-3H3. The summed E-state index contributed by atoms with van der Waals surface area (Å²) >= 11 is 0. The van der Waals surface area contributed by atoms with Crippen molar-refractivity contribution in [3.8, 4) is 0 Å². The van der Waals surface area contributed by atoms with Crippen LogP contribution in [0.3, 0.4) is 0 Å². The van der Waals surface area contributed by atoms with E-state index in [-0.39, 0.29) is 5.78 Å². The Morgan fingerprint density at radius 1 is 1.33 bits per heavy atom. The molecular formula is C9H16O3. The zero-order chi connectivity index (χ0) is 9.56. The first-order valence-corrected chi connectivity index (χ1v) is 4.27. The largest absolute Gasteiger partial charge is 0.468 e. The van der Waals surface area contributed by atoms with Crippen LogP contribution in [0.4, 0.5) is 0 Å². The van der Waals surface area contributed by atoms with E-state index in [2.05, 4.69) is 4.74 Å². The smallest absolute Gasteiger partial charge is 0.316 e. The second kappa shape index (κ2) is 5.75. The Kier molecular flexibility index (Phi) is 5.34. The maximum Gasteiger partial charge on any atom is 0.316 e. The summed E-state index contributed by atoms with van der Waals surface area (Å²) in [5, 5.41) is 0. The summed E-state index contributed by atoms with van der Waals surface area (Å²) in [5.41, 5.74) is 0. The summed E-state index contributed by atoms with van der Waals surface area (Å²) in [6.07, 6.45) is 1.82. The molecule has 3 nitrogen and oxygen atoms in total. The zero-order valence-electron chi connectivity index (χ0n) is 7.92. The van der Waals surface area contributed by atoms with Crippen molar-refractivity contribution >= 4 is 11.8 Å². The number of Topliss-reactive ketones (excluding diaryl/α,β-unsaturated/α-hetero) is 1. The molecule has 0 amide bonds. The molecule has 0 aromatic carbocycles. The van der Waals surface area contributed by atoms with Crippen LogP contribution in [0.15, 0.2) is 0 Å². The molecule has 70 valence electrons. The molecular weight excluding hydrogens is 156 g/mol. The van der Waals surface area contributed by atoms with E-state index in [4.69, 9.17) is 0 Å². The number of esters is 1. The topological polar surface area (TPSA) is 43.4 Å². The number of ketones is 1. The van der Waals surface area contributed by atoms with Gasteiger partial charge in [-0.3, -0.25) is 9.59 Å². The van der Waals surface area contributed by atoms with E-state index in [0.717, 1.165) is 6.42 Å². The van der Waals surface area contributed by atoms with Crippen LogP contribution in [-0.4, -0.2) is 18.9 Å². The lowest BCUT2D eigenvalue weighted by molar-refractivity contribution is -0.149.